The zero-order valence-corrected chi connectivity index (χ0v) is 13.4. The Morgan fingerprint density at radius 3 is 1.89 bits per heavy atom. The summed E-state index contributed by atoms with van der Waals surface area (Å²) in [6, 6.07) is 0. The molecule has 5 heteroatoms. The van der Waals surface area contributed by atoms with Gasteiger partial charge in [-0.1, -0.05) is 46.0 Å². The van der Waals surface area contributed by atoms with Gasteiger partial charge in [0, 0.05) is 0 Å². The lowest BCUT2D eigenvalue weighted by molar-refractivity contribution is 0.167. The summed E-state index contributed by atoms with van der Waals surface area (Å²) in [6.45, 7) is 5.15. The van der Waals surface area contributed by atoms with Gasteiger partial charge in [-0.05, 0) is 25.7 Å². The Hall–Kier alpha value is 0.110. The van der Waals surface area contributed by atoms with Crippen molar-refractivity contribution in [2.75, 3.05) is 13.2 Å². The third kappa shape index (κ3) is 4.86. The molecular weight excluding hydrogens is 261 g/mol. The van der Waals surface area contributed by atoms with E-state index in [1.165, 1.54) is 6.42 Å². The largest absolute Gasteiger partial charge is 0.350 e. The van der Waals surface area contributed by atoms with Gasteiger partial charge in [0.15, 0.2) is 0 Å². The summed E-state index contributed by atoms with van der Waals surface area (Å²) in [5.41, 5.74) is 6.39. The van der Waals surface area contributed by atoms with Gasteiger partial charge in [-0.3, -0.25) is 4.57 Å². The molecule has 0 bridgehead atoms. The van der Waals surface area contributed by atoms with Gasteiger partial charge in [-0.15, -0.1) is 0 Å². The second-order valence-electron chi connectivity index (χ2n) is 5.54. The van der Waals surface area contributed by atoms with E-state index in [0.29, 0.717) is 13.2 Å². The Kier molecular flexibility index (Phi) is 7.60. The standard InChI is InChI=1S/C14H30NO3P/c1-3-5-12-17-19(16,18-13-6-4-2)14(15)10-8-7-9-11-14/h3-13,15H2,1-2H3. The second kappa shape index (κ2) is 8.41. The lowest BCUT2D eigenvalue weighted by Crippen LogP contribution is -2.42. The molecule has 0 atom stereocenters. The molecule has 0 amide bonds. The fourth-order valence-electron chi connectivity index (χ4n) is 2.39. The van der Waals surface area contributed by atoms with Crippen LogP contribution in [-0.4, -0.2) is 18.5 Å². The molecule has 0 aliphatic heterocycles. The van der Waals surface area contributed by atoms with E-state index in [4.69, 9.17) is 14.8 Å². The Morgan fingerprint density at radius 2 is 1.47 bits per heavy atom. The zero-order chi connectivity index (χ0) is 14.2. The zero-order valence-electron chi connectivity index (χ0n) is 12.5. The highest BCUT2D eigenvalue weighted by atomic mass is 31.2. The van der Waals surface area contributed by atoms with Crippen LogP contribution in [0, 0.1) is 0 Å². The Labute approximate surface area is 118 Å². The summed E-state index contributed by atoms with van der Waals surface area (Å²) in [7, 11) is -3.19. The van der Waals surface area contributed by atoms with Crippen LogP contribution in [-0.2, 0) is 13.6 Å². The first-order valence-electron chi connectivity index (χ1n) is 7.76. The molecule has 0 radical (unpaired) electrons. The van der Waals surface area contributed by atoms with Gasteiger partial charge in [-0.25, -0.2) is 0 Å². The van der Waals surface area contributed by atoms with Crippen LogP contribution in [0.25, 0.3) is 0 Å². The molecule has 0 unspecified atom stereocenters. The fraction of sp³-hybridized carbons (Fsp3) is 1.00. The molecule has 114 valence electrons. The minimum atomic E-state index is -3.19. The van der Waals surface area contributed by atoms with Crippen LogP contribution >= 0.6 is 7.60 Å². The van der Waals surface area contributed by atoms with E-state index in [9.17, 15) is 4.57 Å². The fourth-order valence-corrected chi connectivity index (χ4v) is 4.58. The first-order chi connectivity index (χ1) is 9.08. The molecule has 1 rings (SSSR count). The molecule has 1 aliphatic carbocycles. The maximum atomic E-state index is 13.1. The van der Waals surface area contributed by atoms with Gasteiger partial charge in [0.25, 0.3) is 0 Å². The summed E-state index contributed by atoms with van der Waals surface area (Å²) in [5, 5.41) is -0.757. The molecule has 0 saturated heterocycles. The van der Waals surface area contributed by atoms with Crippen LogP contribution in [0.4, 0.5) is 0 Å². The molecule has 0 aromatic heterocycles. The molecular formula is C14H30NO3P. The van der Waals surface area contributed by atoms with Crippen molar-refractivity contribution in [1.29, 1.82) is 0 Å². The first-order valence-corrected chi connectivity index (χ1v) is 9.30. The summed E-state index contributed by atoms with van der Waals surface area (Å²) < 4.78 is 24.4. The molecule has 0 heterocycles. The average molecular weight is 291 g/mol. The van der Waals surface area contributed by atoms with Crippen molar-refractivity contribution in [2.24, 2.45) is 5.73 Å². The van der Waals surface area contributed by atoms with E-state index < -0.39 is 12.9 Å². The van der Waals surface area contributed by atoms with E-state index in [-0.39, 0.29) is 0 Å². The quantitative estimate of drug-likeness (QED) is 0.504. The van der Waals surface area contributed by atoms with Gasteiger partial charge < -0.3 is 14.8 Å². The minimum Gasteiger partial charge on any atom is -0.315 e. The summed E-state index contributed by atoms with van der Waals surface area (Å²) >= 11 is 0. The average Bonchev–Trinajstić information content (AvgIpc) is 2.40. The third-order valence-electron chi connectivity index (χ3n) is 3.78. The molecule has 4 nitrogen and oxygen atoms in total. The smallest absolute Gasteiger partial charge is 0.315 e. The Bertz CT molecular complexity index is 276. The molecule has 0 aromatic carbocycles. The van der Waals surface area contributed by atoms with Gasteiger partial charge >= 0.3 is 7.60 Å². The van der Waals surface area contributed by atoms with Crippen molar-refractivity contribution in [3.63, 3.8) is 0 Å². The maximum absolute atomic E-state index is 13.1. The normalized spacial score (nSPS) is 19.5. The first kappa shape index (κ1) is 17.2. The molecule has 1 aliphatic rings. The molecule has 0 spiro atoms. The number of rotatable bonds is 9. The van der Waals surface area contributed by atoms with Gasteiger partial charge in [0.05, 0.1) is 13.2 Å². The number of hydrogen-bond donors (Lipinski definition) is 1. The molecule has 19 heavy (non-hydrogen) atoms. The highest BCUT2D eigenvalue weighted by Gasteiger charge is 2.48. The molecule has 1 fully saturated rings. The lowest BCUT2D eigenvalue weighted by atomic mass is 9.96. The minimum absolute atomic E-state index is 0.485. The van der Waals surface area contributed by atoms with Crippen LogP contribution in [0.5, 0.6) is 0 Å². The van der Waals surface area contributed by atoms with Crippen LogP contribution in [0.3, 0.4) is 0 Å². The molecule has 2 N–H and O–H groups in total. The highest BCUT2D eigenvalue weighted by Crippen LogP contribution is 2.62. The van der Waals surface area contributed by atoms with E-state index in [0.717, 1.165) is 51.4 Å². The Balaban J connectivity index is 2.68. The molecule has 0 aromatic rings. The van der Waals surface area contributed by atoms with Crippen LogP contribution in [0.15, 0.2) is 0 Å². The van der Waals surface area contributed by atoms with Crippen molar-refractivity contribution in [1.82, 2.24) is 0 Å². The summed E-state index contributed by atoms with van der Waals surface area (Å²) in [5.74, 6) is 0. The third-order valence-corrected chi connectivity index (χ3v) is 6.37. The predicted octanol–water partition coefficient (Wildman–Crippen LogP) is 4.43. The second-order valence-corrected chi connectivity index (χ2v) is 7.94. The van der Waals surface area contributed by atoms with Crippen molar-refractivity contribution in [2.45, 2.75) is 76.9 Å². The lowest BCUT2D eigenvalue weighted by Gasteiger charge is -2.38. The van der Waals surface area contributed by atoms with Crippen molar-refractivity contribution >= 4 is 7.60 Å². The van der Waals surface area contributed by atoms with Crippen molar-refractivity contribution in [3.8, 4) is 0 Å². The van der Waals surface area contributed by atoms with Crippen LogP contribution < -0.4 is 5.73 Å². The van der Waals surface area contributed by atoms with Gasteiger partial charge in [0.1, 0.15) is 5.28 Å². The van der Waals surface area contributed by atoms with E-state index in [1.807, 2.05) is 0 Å². The highest BCUT2D eigenvalue weighted by molar-refractivity contribution is 7.55. The monoisotopic (exact) mass is 291 g/mol. The summed E-state index contributed by atoms with van der Waals surface area (Å²) in [6.07, 6.45) is 8.56. The SMILES string of the molecule is CCCCOP(=O)(OCCCC)C1(N)CCCCC1. The predicted molar refractivity (Wildman–Crippen MR) is 79.3 cm³/mol. The number of hydrogen-bond acceptors (Lipinski definition) is 4. The van der Waals surface area contributed by atoms with Crippen LogP contribution in [0.2, 0.25) is 0 Å². The van der Waals surface area contributed by atoms with Crippen molar-refractivity contribution in [3.05, 3.63) is 0 Å². The number of unbranched alkanes of at least 4 members (excludes halogenated alkanes) is 2. The summed E-state index contributed by atoms with van der Waals surface area (Å²) in [4.78, 5) is 0. The maximum Gasteiger partial charge on any atom is 0.350 e. The Morgan fingerprint density at radius 1 is 1.00 bits per heavy atom. The van der Waals surface area contributed by atoms with E-state index >= 15 is 0 Å². The van der Waals surface area contributed by atoms with Gasteiger partial charge in [0.2, 0.25) is 0 Å². The molecule has 1 saturated carbocycles. The van der Waals surface area contributed by atoms with Crippen molar-refractivity contribution < 1.29 is 13.6 Å². The van der Waals surface area contributed by atoms with E-state index in [1.54, 1.807) is 0 Å². The van der Waals surface area contributed by atoms with Gasteiger partial charge in [-0.2, -0.15) is 0 Å². The number of nitrogens with two attached hydrogens (primary N) is 1. The van der Waals surface area contributed by atoms with E-state index in [2.05, 4.69) is 13.8 Å². The topological polar surface area (TPSA) is 61.5 Å². The van der Waals surface area contributed by atoms with Crippen LogP contribution in [0.1, 0.15) is 71.6 Å².